The summed E-state index contributed by atoms with van der Waals surface area (Å²) in [6.07, 6.45) is 2.79. The number of pyridine rings is 1. The van der Waals surface area contributed by atoms with E-state index in [1.807, 2.05) is 30.3 Å². The number of halogens is 1. The van der Waals surface area contributed by atoms with Crippen LogP contribution in [0.5, 0.6) is 0 Å². The number of rotatable bonds is 7. The first kappa shape index (κ1) is 19.5. The van der Waals surface area contributed by atoms with Gasteiger partial charge in [-0.15, -0.1) is 0 Å². The van der Waals surface area contributed by atoms with Crippen LogP contribution in [0, 0.1) is 0 Å². The Labute approximate surface area is 165 Å². The number of hydrogen-bond donors (Lipinski definition) is 2. The van der Waals surface area contributed by atoms with E-state index >= 15 is 0 Å². The van der Waals surface area contributed by atoms with Gasteiger partial charge in [0.2, 0.25) is 0 Å². The number of aromatic nitrogens is 1. The van der Waals surface area contributed by atoms with Crippen molar-refractivity contribution in [2.45, 2.75) is 19.1 Å². The molecule has 0 saturated carbocycles. The van der Waals surface area contributed by atoms with Gasteiger partial charge in [-0.2, -0.15) is 0 Å². The molecule has 0 bridgehead atoms. The highest BCUT2D eigenvalue weighted by molar-refractivity contribution is 6.32. The smallest absolute Gasteiger partial charge is 0.191 e. The van der Waals surface area contributed by atoms with Gasteiger partial charge in [-0.05, 0) is 24.1 Å². The van der Waals surface area contributed by atoms with Gasteiger partial charge in [0.1, 0.15) is 5.82 Å². The molecule has 0 amide bonds. The molecule has 3 rings (SSSR count). The zero-order valence-corrected chi connectivity index (χ0v) is 16.3. The summed E-state index contributed by atoms with van der Waals surface area (Å²) in [5.74, 6) is 1.64. The second-order valence-electron chi connectivity index (χ2n) is 6.42. The number of aliphatic imine (C=N–C) groups is 1. The van der Waals surface area contributed by atoms with Gasteiger partial charge < -0.3 is 20.3 Å². The Kier molecular flexibility index (Phi) is 7.30. The van der Waals surface area contributed by atoms with E-state index in [4.69, 9.17) is 16.3 Å². The highest BCUT2D eigenvalue weighted by atomic mass is 35.5. The molecule has 1 aliphatic rings. The monoisotopic (exact) mass is 387 g/mol. The molecule has 144 valence electrons. The summed E-state index contributed by atoms with van der Waals surface area (Å²) in [6, 6.07) is 14.2. The minimum atomic E-state index is 0.305. The van der Waals surface area contributed by atoms with Gasteiger partial charge in [0.15, 0.2) is 5.96 Å². The maximum atomic E-state index is 6.25. The van der Waals surface area contributed by atoms with E-state index in [2.05, 4.69) is 37.6 Å². The number of anilines is 1. The molecule has 2 N–H and O–H groups in total. The van der Waals surface area contributed by atoms with E-state index in [-0.39, 0.29) is 0 Å². The lowest BCUT2D eigenvalue weighted by Gasteiger charge is -2.20. The molecular formula is C20H26ClN5O. The van der Waals surface area contributed by atoms with Crippen LogP contribution in [0.15, 0.2) is 53.7 Å². The lowest BCUT2D eigenvalue weighted by molar-refractivity contribution is 0.125. The summed E-state index contributed by atoms with van der Waals surface area (Å²) < 4.78 is 5.70. The molecule has 0 spiro atoms. The Morgan fingerprint density at radius 3 is 2.93 bits per heavy atom. The number of nitrogens with zero attached hydrogens (tertiary/aromatic N) is 3. The maximum absolute atomic E-state index is 6.25. The Balaban J connectivity index is 1.37. The topological polar surface area (TPSA) is 61.8 Å². The number of benzene rings is 1. The van der Waals surface area contributed by atoms with E-state index < -0.39 is 0 Å². The fourth-order valence-electron chi connectivity index (χ4n) is 3.07. The van der Waals surface area contributed by atoms with Crippen LogP contribution in [0.25, 0.3) is 0 Å². The normalized spacial score (nSPS) is 17.2. The fraction of sp³-hybridized carbons (Fsp3) is 0.400. The molecule has 1 fully saturated rings. The summed E-state index contributed by atoms with van der Waals surface area (Å²) in [5, 5.41) is 7.46. The summed E-state index contributed by atoms with van der Waals surface area (Å²) in [7, 11) is 1.78. The maximum Gasteiger partial charge on any atom is 0.191 e. The first-order chi connectivity index (χ1) is 13.3. The van der Waals surface area contributed by atoms with E-state index in [9.17, 15) is 0 Å². The van der Waals surface area contributed by atoms with Crippen LogP contribution in [-0.2, 0) is 11.3 Å². The SMILES string of the molecule is CN=C(NCCOCc1ccccc1)NC1CCN(c2ncccc2Cl)C1. The highest BCUT2D eigenvalue weighted by Gasteiger charge is 2.25. The Morgan fingerprint density at radius 2 is 2.15 bits per heavy atom. The van der Waals surface area contributed by atoms with Crippen molar-refractivity contribution in [3.8, 4) is 0 Å². The van der Waals surface area contributed by atoms with Crippen molar-refractivity contribution < 1.29 is 4.74 Å². The predicted molar refractivity (Wildman–Crippen MR) is 110 cm³/mol. The Morgan fingerprint density at radius 1 is 1.30 bits per heavy atom. The number of nitrogens with one attached hydrogen (secondary N) is 2. The molecule has 1 aromatic heterocycles. The van der Waals surface area contributed by atoms with E-state index in [0.717, 1.165) is 31.3 Å². The lowest BCUT2D eigenvalue weighted by atomic mass is 10.2. The van der Waals surface area contributed by atoms with Crippen molar-refractivity contribution in [1.29, 1.82) is 0 Å². The zero-order chi connectivity index (χ0) is 18.9. The summed E-state index contributed by atoms with van der Waals surface area (Å²) in [5.41, 5.74) is 1.18. The molecule has 0 aliphatic carbocycles. The van der Waals surface area contributed by atoms with Crippen LogP contribution >= 0.6 is 11.6 Å². The average molecular weight is 388 g/mol. The Hall–Kier alpha value is -2.31. The van der Waals surface area contributed by atoms with Gasteiger partial charge in [0.25, 0.3) is 0 Å². The van der Waals surface area contributed by atoms with Crippen LogP contribution in [0.3, 0.4) is 0 Å². The third-order valence-electron chi connectivity index (χ3n) is 4.44. The van der Waals surface area contributed by atoms with Crippen LogP contribution in [0.4, 0.5) is 5.82 Å². The van der Waals surface area contributed by atoms with Crippen LogP contribution in [-0.4, -0.2) is 50.3 Å². The van der Waals surface area contributed by atoms with Crippen molar-refractivity contribution in [3.63, 3.8) is 0 Å². The molecule has 2 heterocycles. The van der Waals surface area contributed by atoms with Crippen molar-refractivity contribution in [3.05, 3.63) is 59.2 Å². The van der Waals surface area contributed by atoms with E-state index in [1.54, 1.807) is 13.2 Å². The predicted octanol–water partition coefficient (Wildman–Crippen LogP) is 2.70. The average Bonchev–Trinajstić information content (AvgIpc) is 3.16. The third-order valence-corrected chi connectivity index (χ3v) is 4.74. The molecule has 7 heteroatoms. The third kappa shape index (κ3) is 5.84. The van der Waals surface area contributed by atoms with Crippen molar-refractivity contribution in [2.24, 2.45) is 4.99 Å². The van der Waals surface area contributed by atoms with Crippen LogP contribution in [0.2, 0.25) is 5.02 Å². The molecular weight excluding hydrogens is 362 g/mol. The van der Waals surface area contributed by atoms with Gasteiger partial charge in [-0.1, -0.05) is 41.9 Å². The molecule has 27 heavy (non-hydrogen) atoms. The molecule has 1 unspecified atom stereocenters. The number of guanidine groups is 1. The minimum absolute atomic E-state index is 0.305. The van der Waals surface area contributed by atoms with Crippen LogP contribution in [0.1, 0.15) is 12.0 Å². The Bertz CT molecular complexity index is 740. The van der Waals surface area contributed by atoms with Crippen molar-refractivity contribution >= 4 is 23.4 Å². The largest absolute Gasteiger partial charge is 0.375 e. The zero-order valence-electron chi connectivity index (χ0n) is 15.6. The highest BCUT2D eigenvalue weighted by Crippen LogP contribution is 2.25. The molecule has 6 nitrogen and oxygen atoms in total. The first-order valence-electron chi connectivity index (χ1n) is 9.20. The number of hydrogen-bond acceptors (Lipinski definition) is 4. The van der Waals surface area contributed by atoms with Gasteiger partial charge >= 0.3 is 0 Å². The molecule has 0 radical (unpaired) electrons. The van der Waals surface area contributed by atoms with Gasteiger partial charge in [-0.25, -0.2) is 4.98 Å². The van der Waals surface area contributed by atoms with Crippen molar-refractivity contribution in [2.75, 3.05) is 38.2 Å². The van der Waals surface area contributed by atoms with Gasteiger partial charge in [0, 0.05) is 38.9 Å². The van der Waals surface area contributed by atoms with E-state index in [0.29, 0.717) is 30.8 Å². The molecule has 1 saturated heterocycles. The molecule has 2 aromatic rings. The second kappa shape index (κ2) is 10.1. The number of ether oxygens (including phenoxy) is 1. The quantitative estimate of drug-likeness (QED) is 0.434. The van der Waals surface area contributed by atoms with Gasteiger partial charge in [0.05, 0.1) is 18.2 Å². The summed E-state index contributed by atoms with van der Waals surface area (Å²) in [6.45, 7) is 3.72. The second-order valence-corrected chi connectivity index (χ2v) is 6.83. The van der Waals surface area contributed by atoms with E-state index in [1.165, 1.54) is 5.56 Å². The molecule has 1 aromatic carbocycles. The molecule has 1 atom stereocenters. The minimum Gasteiger partial charge on any atom is -0.375 e. The molecule has 1 aliphatic heterocycles. The fourth-order valence-corrected chi connectivity index (χ4v) is 3.32. The summed E-state index contributed by atoms with van der Waals surface area (Å²) in [4.78, 5) is 10.9. The summed E-state index contributed by atoms with van der Waals surface area (Å²) >= 11 is 6.25. The van der Waals surface area contributed by atoms with Gasteiger partial charge in [-0.3, -0.25) is 4.99 Å². The van der Waals surface area contributed by atoms with Crippen molar-refractivity contribution in [1.82, 2.24) is 15.6 Å². The van der Waals surface area contributed by atoms with Crippen LogP contribution < -0.4 is 15.5 Å². The standard InChI is InChI=1S/C20H26ClN5O/c1-22-20(24-11-13-27-15-16-6-3-2-4-7-16)25-17-9-12-26(14-17)19-18(21)8-5-10-23-19/h2-8,10,17H,9,11-15H2,1H3,(H2,22,24,25). The first-order valence-corrected chi connectivity index (χ1v) is 9.58. The lowest BCUT2D eigenvalue weighted by Crippen LogP contribution is -2.45.